The van der Waals surface area contributed by atoms with Gasteiger partial charge < -0.3 is 5.32 Å². The van der Waals surface area contributed by atoms with Gasteiger partial charge in [-0.05, 0) is 6.42 Å². The monoisotopic (exact) mass is 206 g/mol. The van der Waals surface area contributed by atoms with Crippen molar-refractivity contribution in [3.05, 3.63) is 6.33 Å². The largest absolute Gasteiger partial charge is 0.371 e. The molecule has 0 aliphatic carbocycles. The second kappa shape index (κ2) is 4.20. The second-order valence-corrected chi connectivity index (χ2v) is 3.31. The summed E-state index contributed by atoms with van der Waals surface area (Å²) in [4.78, 5) is 8.27. The highest BCUT2D eigenvalue weighted by molar-refractivity contribution is 5.81. The summed E-state index contributed by atoms with van der Waals surface area (Å²) in [6, 6.07) is 0. The molecule has 0 spiro atoms. The van der Waals surface area contributed by atoms with Gasteiger partial charge in [-0.2, -0.15) is 0 Å². The molecule has 0 aliphatic rings. The van der Waals surface area contributed by atoms with E-state index in [1.165, 1.54) is 6.33 Å². The van der Waals surface area contributed by atoms with Crippen LogP contribution in [0.4, 0.5) is 5.82 Å². The number of hydrogen-bond acceptors (Lipinski definition) is 5. The van der Waals surface area contributed by atoms with E-state index in [-0.39, 0.29) is 0 Å². The van der Waals surface area contributed by atoms with Crippen molar-refractivity contribution >= 4 is 17.0 Å². The fourth-order valence-corrected chi connectivity index (χ4v) is 1.43. The van der Waals surface area contributed by atoms with E-state index in [1.54, 1.807) is 0 Å². The lowest BCUT2D eigenvalue weighted by Gasteiger charge is -2.00. The Balaban J connectivity index is 2.42. The summed E-state index contributed by atoms with van der Waals surface area (Å²) in [7, 11) is 1.81. The first-order chi connectivity index (χ1) is 7.36. The lowest BCUT2D eigenvalue weighted by Crippen LogP contribution is -2.01. The molecular formula is C9H14N6. The average molecular weight is 206 g/mol. The molecule has 15 heavy (non-hydrogen) atoms. The van der Waals surface area contributed by atoms with Crippen LogP contribution in [0.25, 0.3) is 11.2 Å². The number of anilines is 1. The highest BCUT2D eigenvalue weighted by atomic mass is 15.4. The van der Waals surface area contributed by atoms with Crippen molar-refractivity contribution in [3.63, 3.8) is 0 Å². The maximum absolute atomic E-state index is 4.19. The van der Waals surface area contributed by atoms with Gasteiger partial charge >= 0.3 is 0 Å². The van der Waals surface area contributed by atoms with Crippen LogP contribution in [-0.4, -0.2) is 32.0 Å². The van der Waals surface area contributed by atoms with E-state index in [1.807, 2.05) is 11.7 Å². The zero-order valence-electron chi connectivity index (χ0n) is 8.93. The molecule has 0 aromatic carbocycles. The predicted octanol–water partition coefficient (Wildman–Crippen LogP) is 1.06. The fourth-order valence-electron chi connectivity index (χ4n) is 1.43. The Bertz CT molecular complexity index is 449. The molecule has 2 aromatic heterocycles. The van der Waals surface area contributed by atoms with Gasteiger partial charge in [-0.15, -0.1) is 5.10 Å². The Hall–Kier alpha value is -1.72. The molecule has 6 heteroatoms. The normalized spacial score (nSPS) is 10.8. The second-order valence-electron chi connectivity index (χ2n) is 3.31. The summed E-state index contributed by atoms with van der Waals surface area (Å²) in [6.45, 7) is 3.00. The summed E-state index contributed by atoms with van der Waals surface area (Å²) in [5, 5.41) is 11.1. The van der Waals surface area contributed by atoms with Crippen molar-refractivity contribution in [2.24, 2.45) is 0 Å². The maximum Gasteiger partial charge on any atom is 0.183 e. The van der Waals surface area contributed by atoms with E-state index in [0.29, 0.717) is 0 Å². The minimum Gasteiger partial charge on any atom is -0.371 e. The van der Waals surface area contributed by atoms with Crippen LogP contribution in [-0.2, 0) is 6.54 Å². The fraction of sp³-hybridized carbons (Fsp3) is 0.556. The van der Waals surface area contributed by atoms with E-state index >= 15 is 0 Å². The molecule has 0 fully saturated rings. The van der Waals surface area contributed by atoms with Crippen LogP contribution in [0.1, 0.15) is 19.8 Å². The SMILES string of the molecule is CCCCn1nnc2c(NC)ncnc21. The Morgan fingerprint density at radius 2 is 2.27 bits per heavy atom. The molecule has 1 N–H and O–H groups in total. The van der Waals surface area contributed by atoms with Crippen LogP contribution < -0.4 is 5.32 Å². The smallest absolute Gasteiger partial charge is 0.183 e. The number of unbranched alkanes of at least 4 members (excludes halogenated alkanes) is 1. The van der Waals surface area contributed by atoms with Crippen molar-refractivity contribution in [2.45, 2.75) is 26.3 Å². The molecule has 0 unspecified atom stereocenters. The zero-order chi connectivity index (χ0) is 10.7. The highest BCUT2D eigenvalue weighted by Crippen LogP contribution is 2.15. The number of rotatable bonds is 4. The molecule has 0 aliphatic heterocycles. The third-order valence-corrected chi connectivity index (χ3v) is 2.26. The molecule has 80 valence electrons. The molecule has 0 amide bonds. The van der Waals surface area contributed by atoms with Gasteiger partial charge in [0.25, 0.3) is 0 Å². The first kappa shape index (κ1) is 9.82. The maximum atomic E-state index is 4.19. The topological polar surface area (TPSA) is 68.5 Å². The molecule has 0 atom stereocenters. The van der Waals surface area contributed by atoms with Crippen LogP contribution in [0.15, 0.2) is 6.33 Å². The predicted molar refractivity (Wildman–Crippen MR) is 57.6 cm³/mol. The van der Waals surface area contributed by atoms with Crippen LogP contribution >= 0.6 is 0 Å². The number of hydrogen-bond donors (Lipinski definition) is 1. The van der Waals surface area contributed by atoms with Gasteiger partial charge in [-0.3, -0.25) is 0 Å². The van der Waals surface area contributed by atoms with Crippen molar-refractivity contribution in [1.29, 1.82) is 0 Å². The molecule has 2 aromatic rings. The number of aryl methyl sites for hydroxylation is 1. The van der Waals surface area contributed by atoms with Crippen LogP contribution in [0.2, 0.25) is 0 Å². The van der Waals surface area contributed by atoms with Crippen LogP contribution in [0, 0.1) is 0 Å². The molecule has 0 saturated heterocycles. The Labute approximate surface area is 87.7 Å². The zero-order valence-corrected chi connectivity index (χ0v) is 8.93. The number of nitrogens with zero attached hydrogens (tertiary/aromatic N) is 5. The quantitative estimate of drug-likeness (QED) is 0.810. The van der Waals surface area contributed by atoms with E-state index in [9.17, 15) is 0 Å². The van der Waals surface area contributed by atoms with E-state index in [0.717, 1.165) is 36.4 Å². The molecule has 0 radical (unpaired) electrons. The Kier molecular flexibility index (Phi) is 2.75. The standard InChI is InChI=1S/C9H14N6/c1-3-4-5-15-9-7(13-14-15)8(10-2)11-6-12-9/h6H,3-5H2,1-2H3,(H,10,11,12). The summed E-state index contributed by atoms with van der Waals surface area (Å²) < 4.78 is 1.82. The first-order valence-corrected chi connectivity index (χ1v) is 5.08. The van der Waals surface area contributed by atoms with Gasteiger partial charge in [0, 0.05) is 13.6 Å². The molecular weight excluding hydrogens is 192 g/mol. The first-order valence-electron chi connectivity index (χ1n) is 5.08. The minimum absolute atomic E-state index is 0.725. The lowest BCUT2D eigenvalue weighted by atomic mass is 10.3. The van der Waals surface area contributed by atoms with Gasteiger partial charge in [-0.1, -0.05) is 18.6 Å². The Morgan fingerprint density at radius 1 is 1.40 bits per heavy atom. The summed E-state index contributed by atoms with van der Waals surface area (Å²) in [5.41, 5.74) is 1.53. The number of fused-ring (bicyclic) bond motifs is 1. The van der Waals surface area contributed by atoms with Crippen LogP contribution in [0.3, 0.4) is 0 Å². The molecule has 0 bridgehead atoms. The molecule has 2 heterocycles. The third kappa shape index (κ3) is 1.74. The van der Waals surface area contributed by atoms with E-state index in [4.69, 9.17) is 0 Å². The van der Waals surface area contributed by atoms with Crippen molar-refractivity contribution < 1.29 is 0 Å². The van der Waals surface area contributed by atoms with Crippen molar-refractivity contribution in [1.82, 2.24) is 25.0 Å². The lowest BCUT2D eigenvalue weighted by molar-refractivity contribution is 0.564. The van der Waals surface area contributed by atoms with Gasteiger partial charge in [0.15, 0.2) is 17.0 Å². The summed E-state index contributed by atoms with van der Waals surface area (Å²) >= 11 is 0. The van der Waals surface area contributed by atoms with Gasteiger partial charge in [0.2, 0.25) is 0 Å². The minimum atomic E-state index is 0.725. The van der Waals surface area contributed by atoms with Crippen LogP contribution in [0.5, 0.6) is 0 Å². The number of nitrogens with one attached hydrogen (secondary N) is 1. The summed E-state index contributed by atoms with van der Waals surface area (Å²) in [5.74, 6) is 0.725. The van der Waals surface area contributed by atoms with E-state index in [2.05, 4.69) is 32.5 Å². The van der Waals surface area contributed by atoms with E-state index < -0.39 is 0 Å². The molecule has 6 nitrogen and oxygen atoms in total. The highest BCUT2D eigenvalue weighted by Gasteiger charge is 2.09. The summed E-state index contributed by atoms with van der Waals surface area (Å²) in [6.07, 6.45) is 3.74. The number of aromatic nitrogens is 5. The van der Waals surface area contributed by atoms with Gasteiger partial charge in [-0.25, -0.2) is 14.6 Å². The third-order valence-electron chi connectivity index (χ3n) is 2.26. The van der Waals surface area contributed by atoms with Gasteiger partial charge in [0.1, 0.15) is 6.33 Å². The molecule has 0 saturated carbocycles. The van der Waals surface area contributed by atoms with Gasteiger partial charge in [0.05, 0.1) is 0 Å². The molecule has 2 rings (SSSR count). The van der Waals surface area contributed by atoms with Crippen molar-refractivity contribution in [2.75, 3.05) is 12.4 Å². The average Bonchev–Trinajstić information content (AvgIpc) is 2.69. The van der Waals surface area contributed by atoms with Crippen molar-refractivity contribution in [3.8, 4) is 0 Å². The Morgan fingerprint density at radius 3 is 3.00 bits per heavy atom.